The van der Waals surface area contributed by atoms with Gasteiger partial charge < -0.3 is 4.74 Å². The molecule has 4 heteroatoms. The lowest BCUT2D eigenvalue weighted by atomic mass is 9.79. The van der Waals surface area contributed by atoms with Crippen molar-refractivity contribution < 1.29 is 9.53 Å². The van der Waals surface area contributed by atoms with Crippen LogP contribution in [0.25, 0.3) is 0 Å². The van der Waals surface area contributed by atoms with Gasteiger partial charge in [0.1, 0.15) is 6.61 Å². The van der Waals surface area contributed by atoms with Crippen LogP contribution in [-0.2, 0) is 9.53 Å². The molecule has 1 rings (SSSR count). The van der Waals surface area contributed by atoms with Gasteiger partial charge in [-0.05, 0) is 25.7 Å². The van der Waals surface area contributed by atoms with Crippen LogP contribution < -0.4 is 0 Å². The highest BCUT2D eigenvalue weighted by atomic mass is 16.5. The number of carbonyl (C=O) groups excluding carboxylic acids is 1. The summed E-state index contributed by atoms with van der Waals surface area (Å²) < 4.78 is 4.61. The Kier molecular flexibility index (Phi) is 4.86. The van der Waals surface area contributed by atoms with Crippen molar-refractivity contribution in [1.29, 1.82) is 5.26 Å². The number of aliphatic imine (C=N–C) groups is 1. The van der Waals surface area contributed by atoms with Crippen molar-refractivity contribution in [2.24, 2.45) is 4.99 Å². The molecule has 0 aliphatic heterocycles. The topological polar surface area (TPSA) is 62.4 Å². The molecule has 0 aromatic carbocycles. The van der Waals surface area contributed by atoms with Gasteiger partial charge in [-0.2, -0.15) is 10.3 Å². The smallest absolute Gasteiger partial charge is 0.286 e. The van der Waals surface area contributed by atoms with E-state index in [1.165, 1.54) is 6.42 Å². The van der Waals surface area contributed by atoms with Crippen LogP contribution >= 0.6 is 0 Å². The molecule has 4 nitrogen and oxygen atoms in total. The van der Waals surface area contributed by atoms with E-state index in [-0.39, 0.29) is 5.54 Å². The molecule has 0 bridgehead atoms. The Morgan fingerprint density at radius 1 is 1.33 bits per heavy atom. The summed E-state index contributed by atoms with van der Waals surface area (Å²) in [5.41, 5.74) is -0.210. The lowest BCUT2D eigenvalue weighted by molar-refractivity contribution is 0.220. The molecule has 1 aliphatic rings. The minimum atomic E-state index is -0.210. The monoisotopic (exact) mass is 208 g/mol. The molecule has 0 heterocycles. The number of ether oxygens (including phenoxy) is 1. The Balaban J connectivity index is 2.42. The van der Waals surface area contributed by atoms with Crippen molar-refractivity contribution in [1.82, 2.24) is 0 Å². The Bertz CT molecular complexity index is 271. The van der Waals surface area contributed by atoms with Crippen molar-refractivity contribution >= 4 is 6.08 Å². The van der Waals surface area contributed by atoms with Crippen molar-refractivity contribution in [3.05, 3.63) is 0 Å². The highest BCUT2D eigenvalue weighted by Gasteiger charge is 2.31. The van der Waals surface area contributed by atoms with Gasteiger partial charge in [-0.25, -0.2) is 4.79 Å². The summed E-state index contributed by atoms with van der Waals surface area (Å²) in [6.45, 7) is 0.423. The molecule has 1 fully saturated rings. The van der Waals surface area contributed by atoms with Gasteiger partial charge in [-0.1, -0.05) is 19.3 Å². The molecule has 0 spiro atoms. The summed E-state index contributed by atoms with van der Waals surface area (Å²) >= 11 is 0. The average Bonchev–Trinajstić information content (AvgIpc) is 2.26. The van der Waals surface area contributed by atoms with Crippen LogP contribution in [0.4, 0.5) is 0 Å². The highest BCUT2D eigenvalue weighted by molar-refractivity contribution is 5.35. The van der Waals surface area contributed by atoms with Gasteiger partial charge in [-0.3, -0.25) is 0 Å². The Morgan fingerprint density at radius 2 is 2.07 bits per heavy atom. The lowest BCUT2D eigenvalue weighted by Crippen LogP contribution is -2.29. The molecular weight excluding hydrogens is 192 g/mol. The summed E-state index contributed by atoms with van der Waals surface area (Å²) in [7, 11) is 0. The number of hydrogen-bond donors (Lipinski definition) is 0. The number of nitrogens with zero attached hydrogens (tertiary/aromatic N) is 2. The summed E-state index contributed by atoms with van der Waals surface area (Å²) in [6.07, 6.45) is 10.3. The van der Waals surface area contributed by atoms with Crippen molar-refractivity contribution in [3.63, 3.8) is 0 Å². The van der Waals surface area contributed by atoms with Gasteiger partial charge in [-0.15, -0.1) is 0 Å². The van der Waals surface area contributed by atoms with E-state index in [0.29, 0.717) is 6.61 Å². The maximum absolute atomic E-state index is 10.4. The van der Waals surface area contributed by atoms with E-state index >= 15 is 0 Å². The van der Waals surface area contributed by atoms with E-state index in [9.17, 15) is 4.79 Å². The predicted molar refractivity (Wildman–Crippen MR) is 54.7 cm³/mol. The van der Waals surface area contributed by atoms with E-state index in [4.69, 9.17) is 5.26 Å². The van der Waals surface area contributed by atoms with Crippen LogP contribution in [0, 0.1) is 11.5 Å². The lowest BCUT2D eigenvalue weighted by Gasteiger charge is -2.31. The molecule has 15 heavy (non-hydrogen) atoms. The summed E-state index contributed by atoms with van der Waals surface area (Å²) in [5.74, 6) is 0. The van der Waals surface area contributed by atoms with Crippen LogP contribution in [0.3, 0.4) is 0 Å². The third kappa shape index (κ3) is 3.73. The highest BCUT2D eigenvalue weighted by Crippen LogP contribution is 2.35. The summed E-state index contributed by atoms with van der Waals surface area (Å²) in [6, 6.07) is 0. The van der Waals surface area contributed by atoms with E-state index < -0.39 is 0 Å². The average molecular weight is 208 g/mol. The van der Waals surface area contributed by atoms with E-state index in [1.807, 2.05) is 0 Å². The van der Waals surface area contributed by atoms with Crippen LogP contribution in [0.1, 0.15) is 44.9 Å². The van der Waals surface area contributed by atoms with Gasteiger partial charge in [0.15, 0.2) is 0 Å². The van der Waals surface area contributed by atoms with Crippen molar-refractivity contribution in [3.8, 4) is 6.26 Å². The molecular formula is C11H16N2O2. The number of isocyanates is 1. The first kappa shape index (κ1) is 11.7. The van der Waals surface area contributed by atoms with E-state index in [1.54, 1.807) is 12.3 Å². The number of hydrogen-bond acceptors (Lipinski definition) is 4. The molecule has 0 atom stereocenters. The Hall–Kier alpha value is -1.33. The quantitative estimate of drug-likeness (QED) is 0.301. The molecule has 82 valence electrons. The zero-order valence-corrected chi connectivity index (χ0v) is 8.87. The zero-order chi connectivity index (χ0) is 11.0. The maximum atomic E-state index is 10.4. The van der Waals surface area contributed by atoms with Gasteiger partial charge >= 0.3 is 0 Å². The van der Waals surface area contributed by atoms with Crippen molar-refractivity contribution in [2.75, 3.05) is 6.61 Å². The second-order valence-electron chi connectivity index (χ2n) is 4.03. The number of rotatable bonds is 5. The van der Waals surface area contributed by atoms with Crippen molar-refractivity contribution in [2.45, 2.75) is 50.5 Å². The van der Waals surface area contributed by atoms with Gasteiger partial charge in [0.05, 0.1) is 5.54 Å². The minimum absolute atomic E-state index is 0.210. The third-order valence-corrected chi connectivity index (χ3v) is 3.02. The summed E-state index contributed by atoms with van der Waals surface area (Å²) in [5, 5.41) is 8.21. The fourth-order valence-corrected chi connectivity index (χ4v) is 2.24. The fourth-order valence-electron chi connectivity index (χ4n) is 2.24. The molecule has 0 saturated heterocycles. The maximum Gasteiger partial charge on any atom is 0.286 e. The molecule has 0 radical (unpaired) electrons. The van der Waals surface area contributed by atoms with Gasteiger partial charge in [0.2, 0.25) is 6.08 Å². The molecule has 1 saturated carbocycles. The van der Waals surface area contributed by atoms with Crippen LogP contribution in [0.2, 0.25) is 0 Å². The predicted octanol–water partition coefficient (Wildman–Crippen LogP) is 2.30. The Labute approximate surface area is 89.9 Å². The van der Waals surface area contributed by atoms with Gasteiger partial charge in [0, 0.05) is 0 Å². The normalized spacial score (nSPS) is 18.6. The Morgan fingerprint density at radius 3 is 2.67 bits per heavy atom. The summed E-state index contributed by atoms with van der Waals surface area (Å²) in [4.78, 5) is 14.4. The minimum Gasteiger partial charge on any atom is -0.428 e. The molecule has 0 amide bonds. The molecule has 0 aromatic rings. The molecule has 0 aromatic heterocycles. The third-order valence-electron chi connectivity index (χ3n) is 3.02. The first-order chi connectivity index (χ1) is 7.33. The van der Waals surface area contributed by atoms with Crippen LogP contribution in [0.5, 0.6) is 0 Å². The first-order valence-electron chi connectivity index (χ1n) is 5.43. The van der Waals surface area contributed by atoms with E-state index in [2.05, 4.69) is 9.73 Å². The molecule has 1 aliphatic carbocycles. The molecule has 0 unspecified atom stereocenters. The number of nitriles is 1. The van der Waals surface area contributed by atoms with Crippen LogP contribution in [0.15, 0.2) is 4.99 Å². The largest absolute Gasteiger partial charge is 0.428 e. The molecule has 0 N–H and O–H groups in total. The first-order valence-corrected chi connectivity index (χ1v) is 5.43. The second-order valence-corrected chi connectivity index (χ2v) is 4.03. The van der Waals surface area contributed by atoms with Gasteiger partial charge in [0.25, 0.3) is 6.26 Å². The SMILES string of the molecule is N#COCCCC1(N=C=O)CCCCC1. The zero-order valence-electron chi connectivity index (χ0n) is 8.87. The van der Waals surface area contributed by atoms with E-state index in [0.717, 1.165) is 38.5 Å². The van der Waals surface area contributed by atoms with Crippen LogP contribution in [-0.4, -0.2) is 18.2 Å². The fraction of sp³-hybridized carbons (Fsp3) is 0.818. The standard InChI is InChI=1S/C11H16N2O2/c12-9-15-8-4-7-11(13-10-14)5-2-1-3-6-11/h1-8H2. The second kappa shape index (κ2) is 6.21.